The minimum Gasteiger partial charge on any atom is -0.381 e. The monoisotopic (exact) mass is 198 g/mol. The lowest BCUT2D eigenvalue weighted by Gasteiger charge is -2.12. The van der Waals surface area contributed by atoms with Gasteiger partial charge in [0.25, 0.3) is 5.19 Å². The molecule has 0 radical (unpaired) electrons. The molecular weight excluding hydrogens is 188 g/mol. The van der Waals surface area contributed by atoms with E-state index in [0.717, 1.165) is 25.9 Å². The zero-order chi connectivity index (χ0) is 9.10. The highest BCUT2D eigenvalue weighted by molar-refractivity contribution is 7.11. The Morgan fingerprint density at radius 2 is 2.31 bits per heavy atom. The molecule has 0 aliphatic carbocycles. The number of thiazole rings is 1. The van der Waals surface area contributed by atoms with Crippen LogP contribution in [0.15, 0.2) is 11.6 Å². The summed E-state index contributed by atoms with van der Waals surface area (Å²) < 4.78 is 5.03. The predicted octanol–water partition coefficient (Wildman–Crippen LogP) is 1.74. The van der Waals surface area contributed by atoms with Crippen molar-refractivity contribution in [2.75, 3.05) is 13.1 Å². The fourth-order valence-electron chi connectivity index (χ4n) is 1.30. The van der Waals surface area contributed by atoms with Gasteiger partial charge >= 0.3 is 6.09 Å². The van der Waals surface area contributed by atoms with E-state index < -0.39 is 0 Å². The van der Waals surface area contributed by atoms with Gasteiger partial charge in [0.05, 0.1) is 0 Å². The summed E-state index contributed by atoms with van der Waals surface area (Å²) in [7, 11) is 0. The molecule has 1 saturated heterocycles. The summed E-state index contributed by atoms with van der Waals surface area (Å²) >= 11 is 1.33. The van der Waals surface area contributed by atoms with Crippen molar-refractivity contribution >= 4 is 17.4 Å². The van der Waals surface area contributed by atoms with Crippen molar-refractivity contribution < 1.29 is 9.53 Å². The first-order valence-corrected chi connectivity index (χ1v) is 5.10. The van der Waals surface area contributed by atoms with E-state index in [0.29, 0.717) is 5.19 Å². The maximum atomic E-state index is 11.4. The summed E-state index contributed by atoms with van der Waals surface area (Å²) in [5, 5.41) is 2.21. The quantitative estimate of drug-likeness (QED) is 0.690. The summed E-state index contributed by atoms with van der Waals surface area (Å²) in [4.78, 5) is 17.0. The summed E-state index contributed by atoms with van der Waals surface area (Å²) in [6.45, 7) is 1.62. The van der Waals surface area contributed by atoms with Crippen molar-refractivity contribution in [3.05, 3.63) is 11.6 Å². The zero-order valence-electron chi connectivity index (χ0n) is 7.10. The number of hydrogen-bond donors (Lipinski definition) is 0. The Morgan fingerprint density at radius 3 is 2.92 bits per heavy atom. The van der Waals surface area contributed by atoms with Crippen molar-refractivity contribution in [2.24, 2.45) is 0 Å². The highest BCUT2D eigenvalue weighted by Gasteiger charge is 2.20. The number of hydrogen-bond acceptors (Lipinski definition) is 4. The summed E-state index contributed by atoms with van der Waals surface area (Å²) in [5.41, 5.74) is 0. The highest BCUT2D eigenvalue weighted by Crippen LogP contribution is 2.16. The lowest BCUT2D eigenvalue weighted by molar-refractivity contribution is 0.162. The lowest BCUT2D eigenvalue weighted by atomic mass is 10.4. The second-order valence-corrected chi connectivity index (χ2v) is 3.72. The van der Waals surface area contributed by atoms with Crippen LogP contribution < -0.4 is 4.74 Å². The van der Waals surface area contributed by atoms with Gasteiger partial charge < -0.3 is 9.64 Å². The molecule has 1 aromatic heterocycles. The average molecular weight is 198 g/mol. The molecule has 0 aromatic carbocycles. The molecule has 2 rings (SSSR count). The molecular formula is C8H10N2O2S. The first kappa shape index (κ1) is 8.50. The van der Waals surface area contributed by atoms with E-state index in [1.54, 1.807) is 16.5 Å². The van der Waals surface area contributed by atoms with Crippen LogP contribution in [-0.4, -0.2) is 29.1 Å². The van der Waals surface area contributed by atoms with E-state index in [1.165, 1.54) is 11.3 Å². The second kappa shape index (κ2) is 3.74. The van der Waals surface area contributed by atoms with Crippen LogP contribution in [0.1, 0.15) is 12.8 Å². The van der Waals surface area contributed by atoms with Gasteiger partial charge in [-0.25, -0.2) is 9.78 Å². The number of carbonyl (C=O) groups is 1. The van der Waals surface area contributed by atoms with Crippen LogP contribution in [0, 0.1) is 0 Å². The third kappa shape index (κ3) is 1.98. The van der Waals surface area contributed by atoms with Crippen LogP contribution in [0.3, 0.4) is 0 Å². The normalized spacial score (nSPS) is 16.2. The smallest absolute Gasteiger partial charge is 0.381 e. The van der Waals surface area contributed by atoms with Crippen molar-refractivity contribution in [3.8, 4) is 5.19 Å². The van der Waals surface area contributed by atoms with Crippen LogP contribution in [0.2, 0.25) is 0 Å². The molecule has 13 heavy (non-hydrogen) atoms. The third-order valence-corrected chi connectivity index (χ3v) is 2.60. The van der Waals surface area contributed by atoms with Crippen LogP contribution >= 0.6 is 11.3 Å². The lowest BCUT2D eigenvalue weighted by Crippen LogP contribution is -2.30. The molecule has 0 saturated carbocycles. The van der Waals surface area contributed by atoms with Gasteiger partial charge in [0.2, 0.25) is 0 Å². The molecule has 1 amide bonds. The Balaban J connectivity index is 1.91. The molecule has 70 valence electrons. The Hall–Kier alpha value is -1.10. The molecule has 2 heterocycles. The average Bonchev–Trinajstić information content (AvgIpc) is 2.74. The van der Waals surface area contributed by atoms with Gasteiger partial charge in [-0.1, -0.05) is 11.3 Å². The number of nitrogens with zero attached hydrogens (tertiary/aromatic N) is 2. The van der Waals surface area contributed by atoms with E-state index in [1.807, 2.05) is 0 Å². The summed E-state index contributed by atoms with van der Waals surface area (Å²) in [5.74, 6) is 0. The largest absolute Gasteiger partial charge is 0.417 e. The number of likely N-dealkylation sites (tertiary alicyclic amines) is 1. The summed E-state index contributed by atoms with van der Waals surface area (Å²) in [6.07, 6.45) is 3.50. The number of aromatic nitrogens is 1. The molecule has 0 N–H and O–H groups in total. The van der Waals surface area contributed by atoms with E-state index in [2.05, 4.69) is 4.98 Å². The van der Waals surface area contributed by atoms with Crippen LogP contribution in [0.5, 0.6) is 5.19 Å². The maximum Gasteiger partial charge on any atom is 0.417 e. The highest BCUT2D eigenvalue weighted by atomic mass is 32.1. The standard InChI is InChI=1S/C8H10N2O2S/c11-8(10-4-1-2-5-10)12-7-9-3-6-13-7/h3,6H,1-2,4-5H2. The van der Waals surface area contributed by atoms with Crippen molar-refractivity contribution in [1.29, 1.82) is 0 Å². The minimum atomic E-state index is -0.271. The van der Waals surface area contributed by atoms with Crippen LogP contribution in [0.4, 0.5) is 4.79 Å². The summed E-state index contributed by atoms with van der Waals surface area (Å²) in [6, 6.07) is 0. The molecule has 1 aromatic rings. The minimum absolute atomic E-state index is 0.271. The van der Waals surface area contributed by atoms with Gasteiger partial charge in [-0.15, -0.1) is 0 Å². The molecule has 0 bridgehead atoms. The third-order valence-electron chi connectivity index (χ3n) is 1.95. The van der Waals surface area contributed by atoms with Gasteiger partial charge in [0.15, 0.2) is 0 Å². The molecule has 0 unspecified atom stereocenters. The van der Waals surface area contributed by atoms with Crippen LogP contribution in [-0.2, 0) is 0 Å². The van der Waals surface area contributed by atoms with Crippen LogP contribution in [0.25, 0.3) is 0 Å². The van der Waals surface area contributed by atoms with Crippen molar-refractivity contribution in [2.45, 2.75) is 12.8 Å². The second-order valence-electron chi connectivity index (χ2n) is 2.86. The Kier molecular flexibility index (Phi) is 2.44. The van der Waals surface area contributed by atoms with E-state index >= 15 is 0 Å². The van der Waals surface area contributed by atoms with E-state index in [-0.39, 0.29) is 6.09 Å². The van der Waals surface area contributed by atoms with Gasteiger partial charge in [-0.05, 0) is 12.8 Å². The topological polar surface area (TPSA) is 42.4 Å². The van der Waals surface area contributed by atoms with Gasteiger partial charge in [-0.2, -0.15) is 0 Å². The molecule has 1 aliphatic rings. The molecule has 1 fully saturated rings. The van der Waals surface area contributed by atoms with Gasteiger partial charge in [0, 0.05) is 24.7 Å². The first-order chi connectivity index (χ1) is 6.36. The number of ether oxygens (including phenoxy) is 1. The number of carbonyl (C=O) groups excluding carboxylic acids is 1. The molecule has 0 atom stereocenters. The maximum absolute atomic E-state index is 11.4. The Morgan fingerprint density at radius 1 is 1.54 bits per heavy atom. The van der Waals surface area contributed by atoms with Crippen molar-refractivity contribution in [1.82, 2.24) is 9.88 Å². The van der Waals surface area contributed by atoms with Crippen molar-refractivity contribution in [3.63, 3.8) is 0 Å². The fourth-order valence-corrected chi connectivity index (χ4v) is 1.78. The predicted molar refractivity (Wildman–Crippen MR) is 48.9 cm³/mol. The Bertz CT molecular complexity index is 280. The zero-order valence-corrected chi connectivity index (χ0v) is 7.92. The number of amides is 1. The Labute approximate surface area is 80.1 Å². The molecule has 5 heteroatoms. The molecule has 1 aliphatic heterocycles. The molecule has 0 spiro atoms. The molecule has 4 nitrogen and oxygen atoms in total. The van der Waals surface area contributed by atoms with Gasteiger partial charge in [0.1, 0.15) is 0 Å². The van der Waals surface area contributed by atoms with E-state index in [4.69, 9.17) is 4.74 Å². The van der Waals surface area contributed by atoms with Gasteiger partial charge in [-0.3, -0.25) is 0 Å². The van der Waals surface area contributed by atoms with E-state index in [9.17, 15) is 4.79 Å². The number of rotatable bonds is 1. The first-order valence-electron chi connectivity index (χ1n) is 4.22. The SMILES string of the molecule is O=C(Oc1nccs1)N1CCCC1. The fraction of sp³-hybridized carbons (Fsp3) is 0.500.